The number of rotatable bonds is 5. The average molecular weight is 325 g/mol. The molecule has 128 valence electrons. The molecule has 1 aliphatic carbocycles. The van der Waals surface area contributed by atoms with Crippen LogP contribution in [0.2, 0.25) is 0 Å². The minimum Gasteiger partial charge on any atom is -0.481 e. The molecule has 0 aliphatic heterocycles. The van der Waals surface area contributed by atoms with E-state index in [0.717, 1.165) is 31.4 Å². The minimum absolute atomic E-state index is 0.188. The molecule has 1 aromatic heterocycles. The van der Waals surface area contributed by atoms with Gasteiger partial charge in [-0.1, -0.05) is 44.2 Å². The molecule has 0 saturated heterocycles. The van der Waals surface area contributed by atoms with Crippen LogP contribution in [0.15, 0.2) is 30.4 Å². The Balaban J connectivity index is 2.32. The van der Waals surface area contributed by atoms with E-state index in [2.05, 4.69) is 50.5 Å². The summed E-state index contributed by atoms with van der Waals surface area (Å²) in [4.78, 5) is 15.2. The molecule has 0 bridgehead atoms. The molecule has 3 heteroatoms. The summed E-state index contributed by atoms with van der Waals surface area (Å²) < 4.78 is 0. The summed E-state index contributed by atoms with van der Waals surface area (Å²) in [7, 11) is 0. The van der Waals surface area contributed by atoms with E-state index in [0.29, 0.717) is 5.92 Å². The van der Waals surface area contributed by atoms with Crippen molar-refractivity contribution in [2.24, 2.45) is 0 Å². The SMILES string of the molecule is C=C(C)C1CCC(CC)(CC(=O)O)c2[nH]c3c(CC)cccc3c21. The van der Waals surface area contributed by atoms with Gasteiger partial charge in [0, 0.05) is 27.9 Å². The zero-order valence-corrected chi connectivity index (χ0v) is 14.9. The molecule has 0 amide bonds. The van der Waals surface area contributed by atoms with E-state index < -0.39 is 5.97 Å². The second-order valence-electron chi connectivity index (χ2n) is 7.25. The van der Waals surface area contributed by atoms with E-state index in [4.69, 9.17) is 0 Å². The van der Waals surface area contributed by atoms with Crippen LogP contribution in [0.4, 0.5) is 0 Å². The molecule has 2 aromatic rings. The molecule has 1 heterocycles. The highest BCUT2D eigenvalue weighted by molar-refractivity contribution is 5.89. The first-order valence-electron chi connectivity index (χ1n) is 8.94. The van der Waals surface area contributed by atoms with E-state index >= 15 is 0 Å². The molecule has 1 aliphatic rings. The summed E-state index contributed by atoms with van der Waals surface area (Å²) in [6.45, 7) is 10.6. The fourth-order valence-electron chi connectivity index (χ4n) is 4.50. The van der Waals surface area contributed by atoms with Gasteiger partial charge in [0.1, 0.15) is 0 Å². The van der Waals surface area contributed by atoms with Crippen LogP contribution in [0.1, 0.15) is 69.2 Å². The van der Waals surface area contributed by atoms with E-state index in [1.807, 2.05) is 0 Å². The van der Waals surface area contributed by atoms with Crippen LogP contribution in [0.5, 0.6) is 0 Å². The van der Waals surface area contributed by atoms with Crippen LogP contribution in [0, 0.1) is 0 Å². The highest BCUT2D eigenvalue weighted by Crippen LogP contribution is 2.51. The summed E-state index contributed by atoms with van der Waals surface area (Å²) in [6.07, 6.45) is 3.87. The number of allylic oxidation sites excluding steroid dienone is 1. The van der Waals surface area contributed by atoms with Crippen LogP contribution in [0.3, 0.4) is 0 Å². The largest absolute Gasteiger partial charge is 0.481 e. The molecule has 3 rings (SSSR count). The van der Waals surface area contributed by atoms with Gasteiger partial charge in [-0.15, -0.1) is 0 Å². The van der Waals surface area contributed by atoms with Gasteiger partial charge in [-0.05, 0) is 43.7 Å². The minimum atomic E-state index is -0.717. The van der Waals surface area contributed by atoms with Gasteiger partial charge in [-0.3, -0.25) is 4.79 Å². The Bertz CT molecular complexity index is 802. The Hall–Kier alpha value is -2.03. The Kier molecular flexibility index (Phi) is 4.29. The number of benzene rings is 1. The number of aromatic nitrogens is 1. The maximum Gasteiger partial charge on any atom is 0.304 e. The lowest BCUT2D eigenvalue weighted by Crippen LogP contribution is -2.34. The number of carboxylic acid groups (broad SMARTS) is 1. The number of aryl methyl sites for hydroxylation is 1. The number of hydrogen-bond donors (Lipinski definition) is 2. The third kappa shape index (κ3) is 2.47. The van der Waals surface area contributed by atoms with Gasteiger partial charge in [-0.2, -0.15) is 0 Å². The summed E-state index contributed by atoms with van der Waals surface area (Å²) in [5, 5.41) is 10.8. The maximum atomic E-state index is 11.6. The molecular formula is C21H27NO2. The van der Waals surface area contributed by atoms with Crippen molar-refractivity contribution in [1.82, 2.24) is 4.98 Å². The van der Waals surface area contributed by atoms with Crippen molar-refractivity contribution in [3.8, 4) is 0 Å². The van der Waals surface area contributed by atoms with E-state index in [1.54, 1.807) is 0 Å². The first-order chi connectivity index (χ1) is 11.4. The zero-order valence-electron chi connectivity index (χ0n) is 14.9. The molecular weight excluding hydrogens is 298 g/mol. The number of aliphatic carboxylic acids is 1. The van der Waals surface area contributed by atoms with Crippen LogP contribution >= 0.6 is 0 Å². The van der Waals surface area contributed by atoms with Gasteiger partial charge in [0.05, 0.1) is 6.42 Å². The second-order valence-corrected chi connectivity index (χ2v) is 7.25. The van der Waals surface area contributed by atoms with Gasteiger partial charge in [0.25, 0.3) is 0 Å². The number of hydrogen-bond acceptors (Lipinski definition) is 1. The van der Waals surface area contributed by atoms with Gasteiger partial charge in [0.15, 0.2) is 0 Å². The number of nitrogens with one attached hydrogen (secondary N) is 1. The smallest absolute Gasteiger partial charge is 0.304 e. The van der Waals surface area contributed by atoms with Crippen molar-refractivity contribution in [2.75, 3.05) is 0 Å². The second kappa shape index (κ2) is 6.12. The van der Waals surface area contributed by atoms with Crippen molar-refractivity contribution < 1.29 is 9.90 Å². The fraction of sp³-hybridized carbons (Fsp3) is 0.476. The van der Waals surface area contributed by atoms with Crippen LogP contribution < -0.4 is 0 Å². The standard InChI is InChI=1S/C21H27NO2/c1-5-14-8-7-9-16-18-15(13(3)4)10-11-21(6-2,12-17(23)24)20(18)22-19(14)16/h7-9,15,22H,3,5-6,10-12H2,1-2,4H3,(H,23,24). The number of fused-ring (bicyclic) bond motifs is 3. The maximum absolute atomic E-state index is 11.6. The Labute approximate surface area is 143 Å². The van der Waals surface area contributed by atoms with E-state index in [-0.39, 0.29) is 11.8 Å². The zero-order chi connectivity index (χ0) is 17.5. The van der Waals surface area contributed by atoms with Crippen LogP contribution in [-0.4, -0.2) is 16.1 Å². The summed E-state index contributed by atoms with van der Waals surface area (Å²) in [5.41, 5.74) is 5.78. The average Bonchev–Trinajstić information content (AvgIpc) is 2.94. The summed E-state index contributed by atoms with van der Waals surface area (Å²) >= 11 is 0. The molecule has 24 heavy (non-hydrogen) atoms. The Morgan fingerprint density at radius 2 is 2.17 bits per heavy atom. The number of carboxylic acids is 1. The van der Waals surface area contributed by atoms with Gasteiger partial charge in [-0.25, -0.2) is 0 Å². The van der Waals surface area contributed by atoms with Crippen molar-refractivity contribution in [3.05, 3.63) is 47.2 Å². The monoisotopic (exact) mass is 325 g/mol. The molecule has 1 aromatic carbocycles. The summed E-state index contributed by atoms with van der Waals surface area (Å²) in [5.74, 6) is -0.403. The molecule has 0 spiro atoms. The molecule has 2 atom stereocenters. The lowest BCUT2D eigenvalue weighted by Gasteiger charge is -2.39. The number of aromatic amines is 1. The molecule has 3 nitrogen and oxygen atoms in total. The van der Waals surface area contributed by atoms with Crippen molar-refractivity contribution >= 4 is 16.9 Å². The van der Waals surface area contributed by atoms with E-state index in [9.17, 15) is 9.90 Å². The lowest BCUT2D eigenvalue weighted by molar-refractivity contribution is -0.138. The predicted molar refractivity (Wildman–Crippen MR) is 98.7 cm³/mol. The Morgan fingerprint density at radius 3 is 2.75 bits per heavy atom. The predicted octanol–water partition coefficient (Wildman–Crippen LogP) is 5.31. The van der Waals surface area contributed by atoms with Crippen molar-refractivity contribution in [1.29, 1.82) is 0 Å². The Morgan fingerprint density at radius 1 is 1.42 bits per heavy atom. The molecule has 2 N–H and O–H groups in total. The third-order valence-electron chi connectivity index (χ3n) is 5.89. The lowest BCUT2D eigenvalue weighted by atomic mass is 9.65. The highest BCUT2D eigenvalue weighted by Gasteiger charge is 2.42. The number of H-pyrrole nitrogens is 1. The van der Waals surface area contributed by atoms with Crippen molar-refractivity contribution in [2.45, 2.75) is 64.2 Å². The molecule has 0 saturated carbocycles. The normalized spacial score (nSPS) is 23.2. The van der Waals surface area contributed by atoms with E-state index in [1.165, 1.54) is 27.6 Å². The molecule has 0 fully saturated rings. The highest BCUT2D eigenvalue weighted by atomic mass is 16.4. The van der Waals surface area contributed by atoms with Gasteiger partial charge < -0.3 is 10.1 Å². The van der Waals surface area contributed by atoms with Gasteiger partial charge >= 0.3 is 5.97 Å². The quantitative estimate of drug-likeness (QED) is 0.732. The number of carbonyl (C=O) groups is 1. The van der Waals surface area contributed by atoms with Crippen molar-refractivity contribution in [3.63, 3.8) is 0 Å². The van der Waals surface area contributed by atoms with Gasteiger partial charge in [0.2, 0.25) is 0 Å². The van der Waals surface area contributed by atoms with Crippen LogP contribution in [-0.2, 0) is 16.6 Å². The first-order valence-corrected chi connectivity index (χ1v) is 8.94. The van der Waals surface area contributed by atoms with Crippen LogP contribution in [0.25, 0.3) is 10.9 Å². The fourth-order valence-corrected chi connectivity index (χ4v) is 4.50. The topological polar surface area (TPSA) is 53.1 Å². The molecule has 2 unspecified atom stereocenters. The first kappa shape index (κ1) is 16.8. The summed E-state index contributed by atoms with van der Waals surface area (Å²) in [6, 6.07) is 6.45. The molecule has 0 radical (unpaired) electrons. The third-order valence-corrected chi connectivity index (χ3v) is 5.89. The number of para-hydroxylation sites is 1.